The number of rotatable bonds is 7. The minimum absolute atomic E-state index is 0.0413. The van der Waals surface area contributed by atoms with Gasteiger partial charge in [0, 0.05) is 17.8 Å². The number of carbonyl (C=O) groups is 1. The van der Waals surface area contributed by atoms with Crippen LogP contribution in [0.25, 0.3) is 17.1 Å². The molecule has 0 aliphatic carbocycles. The number of amides is 1. The fraction of sp³-hybridized carbons (Fsp3) is 0.455. The topological polar surface area (TPSA) is 89.1 Å². The van der Waals surface area contributed by atoms with E-state index in [9.17, 15) is 4.79 Å². The Balaban J connectivity index is 1.32. The van der Waals surface area contributed by atoms with Crippen LogP contribution in [0.15, 0.2) is 35.0 Å². The summed E-state index contributed by atoms with van der Waals surface area (Å²) in [5.74, 6) is 0.768. The van der Waals surface area contributed by atoms with Gasteiger partial charge in [-0.1, -0.05) is 23.7 Å². The maximum Gasteiger partial charge on any atom is 0.316 e. The number of aryl methyl sites for hydroxylation is 1. The van der Waals surface area contributed by atoms with Crippen molar-refractivity contribution in [3.63, 3.8) is 0 Å². The number of aromatic nitrogens is 4. The summed E-state index contributed by atoms with van der Waals surface area (Å²) in [6.07, 6.45) is 5.22. The van der Waals surface area contributed by atoms with Crippen LogP contribution in [-0.4, -0.2) is 56.9 Å². The largest absolute Gasteiger partial charge is 0.348 e. The summed E-state index contributed by atoms with van der Waals surface area (Å²) in [5, 5.41) is 12.0. The van der Waals surface area contributed by atoms with Gasteiger partial charge in [-0.15, -0.1) is 0 Å². The number of benzene rings is 1. The smallest absolute Gasteiger partial charge is 0.316 e. The standard InChI is InChI=1S/C22H27ClN6O2/c1-15-8-12-28(13-9-15)11-3-10-24-21(30)22-25-20(27-31-22)19-14-29(26-16(19)2)18-6-4-17(23)5-7-18/h4-7,14-15H,3,8-13H2,1-2H3,(H,24,30). The highest BCUT2D eigenvalue weighted by molar-refractivity contribution is 6.30. The van der Waals surface area contributed by atoms with E-state index in [0.29, 0.717) is 23.0 Å². The van der Waals surface area contributed by atoms with E-state index in [1.54, 1.807) is 16.8 Å². The minimum atomic E-state index is -0.353. The Morgan fingerprint density at radius 1 is 1.26 bits per heavy atom. The number of hydrogen-bond donors (Lipinski definition) is 1. The summed E-state index contributed by atoms with van der Waals surface area (Å²) in [6.45, 7) is 8.03. The first kappa shape index (κ1) is 21.5. The Labute approximate surface area is 186 Å². The van der Waals surface area contributed by atoms with Crippen LogP contribution in [0, 0.1) is 12.8 Å². The van der Waals surface area contributed by atoms with Crippen molar-refractivity contribution in [2.24, 2.45) is 5.92 Å². The van der Waals surface area contributed by atoms with Gasteiger partial charge < -0.3 is 14.7 Å². The predicted octanol–water partition coefficient (Wildman–Crippen LogP) is 3.74. The fourth-order valence-electron chi connectivity index (χ4n) is 3.70. The van der Waals surface area contributed by atoms with Crippen LogP contribution >= 0.6 is 11.6 Å². The van der Waals surface area contributed by atoms with Gasteiger partial charge in [0.2, 0.25) is 5.82 Å². The van der Waals surface area contributed by atoms with Gasteiger partial charge in [-0.05, 0) is 76.0 Å². The van der Waals surface area contributed by atoms with E-state index in [0.717, 1.165) is 43.4 Å². The van der Waals surface area contributed by atoms with Gasteiger partial charge in [0.05, 0.1) is 16.9 Å². The van der Waals surface area contributed by atoms with Crippen LogP contribution in [0.5, 0.6) is 0 Å². The van der Waals surface area contributed by atoms with E-state index in [4.69, 9.17) is 16.1 Å². The van der Waals surface area contributed by atoms with E-state index >= 15 is 0 Å². The van der Waals surface area contributed by atoms with Gasteiger partial charge in [0.25, 0.3) is 0 Å². The number of halogens is 1. The van der Waals surface area contributed by atoms with Crippen molar-refractivity contribution >= 4 is 17.5 Å². The van der Waals surface area contributed by atoms with Crippen molar-refractivity contribution in [1.82, 2.24) is 30.1 Å². The van der Waals surface area contributed by atoms with Crippen LogP contribution in [0.4, 0.5) is 0 Å². The predicted molar refractivity (Wildman–Crippen MR) is 118 cm³/mol. The highest BCUT2D eigenvalue weighted by atomic mass is 35.5. The van der Waals surface area contributed by atoms with Crippen molar-refractivity contribution in [3.8, 4) is 17.1 Å². The molecule has 9 heteroatoms. The number of nitrogens with zero attached hydrogens (tertiary/aromatic N) is 5. The lowest BCUT2D eigenvalue weighted by Gasteiger charge is -2.30. The van der Waals surface area contributed by atoms with Gasteiger partial charge in [-0.2, -0.15) is 10.1 Å². The zero-order chi connectivity index (χ0) is 21.8. The second-order valence-corrected chi connectivity index (χ2v) is 8.54. The van der Waals surface area contributed by atoms with Gasteiger partial charge in [0.1, 0.15) is 0 Å². The third kappa shape index (κ3) is 5.32. The molecule has 1 aliphatic heterocycles. The number of nitrogens with one attached hydrogen (secondary N) is 1. The van der Waals surface area contributed by atoms with Crippen LogP contribution in [0.2, 0.25) is 5.02 Å². The maximum absolute atomic E-state index is 12.4. The van der Waals surface area contributed by atoms with Gasteiger partial charge in [-0.25, -0.2) is 4.68 Å². The molecule has 1 saturated heterocycles. The molecular formula is C22H27ClN6O2. The normalized spacial score (nSPS) is 15.3. The van der Waals surface area contributed by atoms with Crippen molar-refractivity contribution < 1.29 is 9.32 Å². The minimum Gasteiger partial charge on any atom is -0.348 e. The molecule has 0 radical (unpaired) electrons. The summed E-state index contributed by atoms with van der Waals surface area (Å²) in [5.41, 5.74) is 2.30. The summed E-state index contributed by atoms with van der Waals surface area (Å²) < 4.78 is 6.91. The SMILES string of the molecule is Cc1nn(-c2ccc(Cl)cc2)cc1-c1noc(C(=O)NCCCN2CCC(C)CC2)n1. The average molecular weight is 443 g/mol. The zero-order valence-corrected chi connectivity index (χ0v) is 18.6. The van der Waals surface area contributed by atoms with Gasteiger partial charge >= 0.3 is 11.8 Å². The molecule has 0 bridgehead atoms. The summed E-state index contributed by atoms with van der Waals surface area (Å²) in [4.78, 5) is 19.1. The van der Waals surface area contributed by atoms with Crippen LogP contribution in [0.3, 0.4) is 0 Å². The van der Waals surface area contributed by atoms with E-state index in [1.165, 1.54) is 12.8 Å². The lowest BCUT2D eigenvalue weighted by atomic mass is 9.99. The molecule has 0 unspecified atom stereocenters. The second-order valence-electron chi connectivity index (χ2n) is 8.11. The molecule has 3 aromatic rings. The van der Waals surface area contributed by atoms with Crippen LogP contribution in [0.1, 0.15) is 42.6 Å². The van der Waals surface area contributed by atoms with Gasteiger partial charge in [0.15, 0.2) is 0 Å². The highest BCUT2D eigenvalue weighted by Gasteiger charge is 2.19. The monoisotopic (exact) mass is 442 g/mol. The average Bonchev–Trinajstić information content (AvgIpc) is 3.40. The molecule has 1 N–H and O–H groups in total. The lowest BCUT2D eigenvalue weighted by Crippen LogP contribution is -2.35. The summed E-state index contributed by atoms with van der Waals surface area (Å²) >= 11 is 5.95. The molecule has 4 rings (SSSR count). The van der Waals surface area contributed by atoms with Crippen LogP contribution < -0.4 is 5.32 Å². The van der Waals surface area contributed by atoms with Crippen LogP contribution in [-0.2, 0) is 0 Å². The van der Waals surface area contributed by atoms with Crippen molar-refractivity contribution in [2.75, 3.05) is 26.2 Å². The third-order valence-corrected chi connectivity index (χ3v) is 5.92. The molecule has 31 heavy (non-hydrogen) atoms. The Morgan fingerprint density at radius 3 is 2.74 bits per heavy atom. The number of hydrogen-bond acceptors (Lipinski definition) is 6. The molecule has 1 fully saturated rings. The second kappa shape index (κ2) is 9.62. The van der Waals surface area contributed by atoms with Gasteiger partial charge in [-0.3, -0.25) is 4.79 Å². The molecule has 1 amide bonds. The quantitative estimate of drug-likeness (QED) is 0.561. The van der Waals surface area contributed by atoms with Crippen molar-refractivity contribution in [3.05, 3.63) is 47.1 Å². The Morgan fingerprint density at radius 2 is 2.00 bits per heavy atom. The third-order valence-electron chi connectivity index (χ3n) is 5.66. The van der Waals surface area contributed by atoms with Crippen molar-refractivity contribution in [1.29, 1.82) is 0 Å². The Hall–Kier alpha value is -2.71. The first-order chi connectivity index (χ1) is 15.0. The molecule has 0 atom stereocenters. The van der Waals surface area contributed by atoms with E-state index < -0.39 is 0 Å². The molecule has 1 aromatic carbocycles. The molecular weight excluding hydrogens is 416 g/mol. The maximum atomic E-state index is 12.4. The fourth-order valence-corrected chi connectivity index (χ4v) is 3.82. The molecule has 0 saturated carbocycles. The summed E-state index contributed by atoms with van der Waals surface area (Å²) in [7, 11) is 0. The lowest BCUT2D eigenvalue weighted by molar-refractivity contribution is 0.0907. The first-order valence-corrected chi connectivity index (χ1v) is 11.0. The first-order valence-electron chi connectivity index (χ1n) is 10.7. The highest BCUT2D eigenvalue weighted by Crippen LogP contribution is 2.22. The van der Waals surface area contributed by atoms with E-state index in [-0.39, 0.29) is 11.8 Å². The Bertz CT molecular complexity index is 1020. The summed E-state index contributed by atoms with van der Waals surface area (Å²) in [6, 6.07) is 7.35. The molecule has 0 spiro atoms. The number of likely N-dealkylation sites (tertiary alicyclic amines) is 1. The Kier molecular flexibility index (Phi) is 6.67. The molecule has 2 aromatic heterocycles. The number of carbonyl (C=O) groups excluding carboxylic acids is 1. The van der Waals surface area contributed by atoms with E-state index in [2.05, 4.69) is 32.4 Å². The molecule has 164 valence electrons. The molecule has 8 nitrogen and oxygen atoms in total. The van der Waals surface area contributed by atoms with E-state index in [1.807, 2.05) is 25.3 Å². The molecule has 3 heterocycles. The molecule has 1 aliphatic rings. The number of piperidine rings is 1. The van der Waals surface area contributed by atoms with Crippen molar-refractivity contribution in [2.45, 2.75) is 33.1 Å². The zero-order valence-electron chi connectivity index (χ0n) is 17.8.